The lowest BCUT2D eigenvalue weighted by atomic mass is 9.66. The van der Waals surface area contributed by atoms with Crippen molar-refractivity contribution in [2.24, 2.45) is 5.92 Å². The number of methoxy groups -OCH3 is 2. The number of carbonyl (C=O) groups excluding carboxylic acids is 1. The molecule has 2 aromatic rings. The maximum Gasteiger partial charge on any atom is 0.227 e. The molecule has 1 aliphatic carbocycles. The van der Waals surface area contributed by atoms with Gasteiger partial charge in [-0.3, -0.25) is 4.79 Å². The third kappa shape index (κ3) is 3.91. The summed E-state index contributed by atoms with van der Waals surface area (Å²) in [6.45, 7) is 0.554. The first-order valence-electron chi connectivity index (χ1n) is 10.8. The van der Waals surface area contributed by atoms with E-state index in [9.17, 15) is 9.90 Å². The van der Waals surface area contributed by atoms with Crippen molar-refractivity contribution in [3.63, 3.8) is 0 Å². The molecule has 2 fully saturated rings. The minimum atomic E-state index is -0.725. The van der Waals surface area contributed by atoms with Crippen molar-refractivity contribution in [2.75, 3.05) is 20.8 Å². The van der Waals surface area contributed by atoms with Crippen molar-refractivity contribution in [1.29, 1.82) is 0 Å². The fourth-order valence-electron chi connectivity index (χ4n) is 5.28. The average molecular weight is 410 g/mol. The smallest absolute Gasteiger partial charge is 0.227 e. The molecule has 0 spiro atoms. The third-order valence-corrected chi connectivity index (χ3v) is 6.85. The SMILES string of the molecule is COc1ccc([C@H]2[C@@H]3CCCC[C@@]3(O)CCN2C(=O)Cc2ccccc2)c(OC)c1. The number of likely N-dealkylation sites (tertiary alicyclic amines) is 1. The van der Waals surface area contributed by atoms with Gasteiger partial charge in [0.15, 0.2) is 0 Å². The average Bonchev–Trinajstić information content (AvgIpc) is 2.78. The molecule has 2 aliphatic rings. The Balaban J connectivity index is 1.73. The third-order valence-electron chi connectivity index (χ3n) is 6.85. The fourth-order valence-corrected chi connectivity index (χ4v) is 5.28. The minimum Gasteiger partial charge on any atom is -0.497 e. The lowest BCUT2D eigenvalue weighted by Gasteiger charge is -2.52. The zero-order valence-electron chi connectivity index (χ0n) is 17.8. The Morgan fingerprint density at radius 1 is 1.10 bits per heavy atom. The highest BCUT2D eigenvalue weighted by Gasteiger charge is 2.50. The Bertz CT molecular complexity index is 884. The van der Waals surface area contributed by atoms with Crippen LogP contribution in [0.5, 0.6) is 11.5 Å². The van der Waals surface area contributed by atoms with E-state index in [0.29, 0.717) is 30.9 Å². The van der Waals surface area contributed by atoms with Crippen molar-refractivity contribution < 1.29 is 19.4 Å². The summed E-state index contributed by atoms with van der Waals surface area (Å²) < 4.78 is 11.1. The Hall–Kier alpha value is -2.53. The quantitative estimate of drug-likeness (QED) is 0.806. The molecule has 1 saturated heterocycles. The van der Waals surface area contributed by atoms with Crippen molar-refractivity contribution in [3.8, 4) is 11.5 Å². The number of aliphatic hydroxyl groups is 1. The van der Waals surface area contributed by atoms with Crippen molar-refractivity contribution >= 4 is 5.91 Å². The number of benzene rings is 2. The number of hydrogen-bond donors (Lipinski definition) is 1. The van der Waals surface area contributed by atoms with Gasteiger partial charge in [-0.25, -0.2) is 0 Å². The number of fused-ring (bicyclic) bond motifs is 1. The molecule has 2 aromatic carbocycles. The number of hydrogen-bond acceptors (Lipinski definition) is 4. The molecule has 4 rings (SSSR count). The summed E-state index contributed by atoms with van der Waals surface area (Å²) in [5.41, 5.74) is 1.23. The van der Waals surface area contributed by atoms with Crippen molar-refractivity contribution in [1.82, 2.24) is 4.90 Å². The number of rotatable bonds is 5. The molecule has 1 amide bonds. The molecule has 1 aliphatic heterocycles. The van der Waals surface area contributed by atoms with Crippen LogP contribution in [-0.2, 0) is 11.2 Å². The standard InChI is InChI=1S/C25H31NO4/c1-29-19-11-12-20(22(17-19)30-2)24-21-10-6-7-13-25(21,28)14-15-26(24)23(27)16-18-8-4-3-5-9-18/h3-5,8-9,11-12,17,21,24,28H,6-7,10,13-16H2,1-2H3/t21-,24-,25+/m0/s1. The fraction of sp³-hybridized carbons (Fsp3) is 0.480. The Kier molecular flexibility index (Phi) is 6.00. The van der Waals surface area contributed by atoms with Crippen molar-refractivity contribution in [2.45, 2.75) is 50.2 Å². The number of amides is 1. The molecule has 1 N–H and O–H groups in total. The number of nitrogens with zero attached hydrogens (tertiary/aromatic N) is 1. The molecule has 5 heteroatoms. The molecule has 1 saturated carbocycles. The van der Waals surface area contributed by atoms with E-state index in [1.54, 1.807) is 14.2 Å². The maximum atomic E-state index is 13.4. The second-order valence-electron chi connectivity index (χ2n) is 8.51. The normalized spacial score (nSPS) is 26.0. The van der Waals surface area contributed by atoms with Gasteiger partial charge in [-0.2, -0.15) is 0 Å². The molecule has 0 bridgehead atoms. The number of piperidine rings is 1. The van der Waals surface area contributed by atoms with Gasteiger partial charge in [0, 0.05) is 24.1 Å². The van der Waals surface area contributed by atoms with Gasteiger partial charge in [0.25, 0.3) is 0 Å². The Labute approximate surface area is 178 Å². The van der Waals surface area contributed by atoms with Gasteiger partial charge >= 0.3 is 0 Å². The van der Waals surface area contributed by atoms with Crippen LogP contribution in [0.25, 0.3) is 0 Å². The van der Waals surface area contributed by atoms with Crippen LogP contribution >= 0.6 is 0 Å². The molecule has 160 valence electrons. The lowest BCUT2D eigenvalue weighted by molar-refractivity contribution is -0.154. The molecule has 5 nitrogen and oxygen atoms in total. The van der Waals surface area contributed by atoms with E-state index >= 15 is 0 Å². The zero-order chi connectivity index (χ0) is 21.1. The van der Waals surface area contributed by atoms with Gasteiger partial charge in [-0.05, 0) is 37.0 Å². The largest absolute Gasteiger partial charge is 0.497 e. The molecule has 0 unspecified atom stereocenters. The van der Waals surface area contributed by atoms with E-state index in [1.165, 1.54) is 0 Å². The van der Waals surface area contributed by atoms with Gasteiger partial charge in [-0.15, -0.1) is 0 Å². The molecule has 30 heavy (non-hydrogen) atoms. The highest BCUT2D eigenvalue weighted by atomic mass is 16.5. The first-order valence-corrected chi connectivity index (χ1v) is 10.8. The van der Waals surface area contributed by atoms with E-state index in [4.69, 9.17) is 9.47 Å². The van der Waals surface area contributed by atoms with Crippen LogP contribution < -0.4 is 9.47 Å². The van der Waals surface area contributed by atoms with Crippen LogP contribution in [0.2, 0.25) is 0 Å². The van der Waals surface area contributed by atoms with Crippen LogP contribution in [-0.4, -0.2) is 42.3 Å². The number of ether oxygens (including phenoxy) is 2. The van der Waals surface area contributed by atoms with E-state index in [2.05, 4.69) is 0 Å². The zero-order valence-corrected chi connectivity index (χ0v) is 17.8. The highest BCUT2D eigenvalue weighted by Crippen LogP contribution is 2.51. The summed E-state index contributed by atoms with van der Waals surface area (Å²) in [7, 11) is 3.27. The summed E-state index contributed by atoms with van der Waals surface area (Å²) in [5.74, 6) is 1.51. The maximum absolute atomic E-state index is 13.4. The molecule has 0 aromatic heterocycles. The highest BCUT2D eigenvalue weighted by molar-refractivity contribution is 5.79. The first-order chi connectivity index (χ1) is 14.6. The van der Waals surface area contributed by atoms with Gasteiger partial charge in [0.2, 0.25) is 5.91 Å². The van der Waals surface area contributed by atoms with Crippen LogP contribution in [0.15, 0.2) is 48.5 Å². The van der Waals surface area contributed by atoms with E-state index in [0.717, 1.165) is 36.8 Å². The predicted molar refractivity (Wildman–Crippen MR) is 116 cm³/mol. The predicted octanol–water partition coefficient (Wildman–Crippen LogP) is 4.14. The van der Waals surface area contributed by atoms with E-state index in [-0.39, 0.29) is 17.9 Å². The number of carbonyl (C=O) groups is 1. The summed E-state index contributed by atoms with van der Waals surface area (Å²) >= 11 is 0. The summed E-state index contributed by atoms with van der Waals surface area (Å²) in [6, 6.07) is 15.4. The van der Waals surface area contributed by atoms with E-state index < -0.39 is 5.60 Å². The summed E-state index contributed by atoms with van der Waals surface area (Å²) in [6.07, 6.45) is 4.81. The minimum absolute atomic E-state index is 0.00187. The monoisotopic (exact) mass is 409 g/mol. The molecular weight excluding hydrogens is 378 g/mol. The Morgan fingerprint density at radius 2 is 1.90 bits per heavy atom. The molecule has 3 atom stereocenters. The van der Waals surface area contributed by atoms with Crippen LogP contribution in [0, 0.1) is 5.92 Å². The second kappa shape index (κ2) is 8.68. The van der Waals surface area contributed by atoms with Gasteiger partial charge in [-0.1, -0.05) is 43.2 Å². The van der Waals surface area contributed by atoms with Crippen molar-refractivity contribution in [3.05, 3.63) is 59.7 Å². The van der Waals surface area contributed by atoms with Gasteiger partial charge < -0.3 is 19.5 Å². The molecular formula is C25H31NO4. The lowest BCUT2D eigenvalue weighted by Crippen LogP contribution is -2.56. The molecule has 1 heterocycles. The van der Waals surface area contributed by atoms with Crippen LogP contribution in [0.4, 0.5) is 0 Å². The molecule has 0 radical (unpaired) electrons. The summed E-state index contributed by atoms with van der Waals surface area (Å²) in [5, 5.41) is 11.5. The van der Waals surface area contributed by atoms with E-state index in [1.807, 2.05) is 53.4 Å². The second-order valence-corrected chi connectivity index (χ2v) is 8.51. The van der Waals surface area contributed by atoms with Gasteiger partial charge in [0.05, 0.1) is 32.3 Å². The van der Waals surface area contributed by atoms with Crippen LogP contribution in [0.3, 0.4) is 0 Å². The topological polar surface area (TPSA) is 59.0 Å². The van der Waals surface area contributed by atoms with Gasteiger partial charge in [0.1, 0.15) is 11.5 Å². The Morgan fingerprint density at radius 3 is 2.63 bits per heavy atom. The van der Waals surface area contributed by atoms with Crippen LogP contribution in [0.1, 0.15) is 49.3 Å². The first kappa shape index (κ1) is 20.7. The summed E-state index contributed by atoms with van der Waals surface area (Å²) in [4.78, 5) is 15.4.